The Morgan fingerprint density at radius 2 is 2.12 bits per heavy atom. The summed E-state index contributed by atoms with van der Waals surface area (Å²) in [4.78, 5) is 19.4. The van der Waals surface area contributed by atoms with Gasteiger partial charge in [-0.15, -0.1) is 11.3 Å². The molecule has 0 N–H and O–H groups in total. The molecular formula is C18H18N4OS. The number of thiazole rings is 1. The van der Waals surface area contributed by atoms with Crippen molar-refractivity contribution in [2.24, 2.45) is 7.05 Å². The number of amides is 1. The van der Waals surface area contributed by atoms with Gasteiger partial charge in [0.2, 0.25) is 0 Å². The Bertz CT molecular complexity index is 855. The fraction of sp³-hybridized carbons (Fsp3) is 0.278. The van der Waals surface area contributed by atoms with E-state index >= 15 is 0 Å². The predicted octanol–water partition coefficient (Wildman–Crippen LogP) is 3.52. The molecule has 1 saturated heterocycles. The maximum absolute atomic E-state index is 12.9. The fourth-order valence-electron chi connectivity index (χ4n) is 3.20. The van der Waals surface area contributed by atoms with E-state index in [-0.39, 0.29) is 11.9 Å². The van der Waals surface area contributed by atoms with Crippen LogP contribution in [0.1, 0.15) is 34.9 Å². The van der Waals surface area contributed by atoms with Gasteiger partial charge >= 0.3 is 0 Å². The van der Waals surface area contributed by atoms with E-state index in [4.69, 9.17) is 0 Å². The van der Waals surface area contributed by atoms with Crippen molar-refractivity contribution in [2.75, 3.05) is 6.54 Å². The summed E-state index contributed by atoms with van der Waals surface area (Å²) in [7, 11) is 1.90. The van der Waals surface area contributed by atoms with E-state index in [2.05, 4.69) is 10.1 Å². The molecule has 0 bridgehead atoms. The van der Waals surface area contributed by atoms with E-state index in [0.717, 1.165) is 35.5 Å². The summed E-state index contributed by atoms with van der Waals surface area (Å²) in [5, 5.41) is 6.99. The van der Waals surface area contributed by atoms with Crippen molar-refractivity contribution < 1.29 is 4.79 Å². The highest BCUT2D eigenvalue weighted by molar-refractivity contribution is 7.13. The Morgan fingerprint density at radius 1 is 1.29 bits per heavy atom. The van der Waals surface area contributed by atoms with Gasteiger partial charge in [0.25, 0.3) is 5.91 Å². The summed E-state index contributed by atoms with van der Waals surface area (Å²) in [6.07, 6.45) is 5.84. The van der Waals surface area contributed by atoms with Gasteiger partial charge < -0.3 is 4.90 Å². The first-order valence-electron chi connectivity index (χ1n) is 8.03. The maximum atomic E-state index is 12.9. The summed E-state index contributed by atoms with van der Waals surface area (Å²) >= 11 is 1.52. The zero-order chi connectivity index (χ0) is 16.5. The Kier molecular flexibility index (Phi) is 3.90. The lowest BCUT2D eigenvalue weighted by Gasteiger charge is -2.22. The number of likely N-dealkylation sites (tertiary alicyclic amines) is 1. The number of aryl methyl sites for hydroxylation is 1. The molecule has 122 valence electrons. The zero-order valence-corrected chi connectivity index (χ0v) is 14.2. The second-order valence-corrected chi connectivity index (χ2v) is 6.87. The van der Waals surface area contributed by atoms with Gasteiger partial charge in [0.05, 0.1) is 12.2 Å². The lowest BCUT2D eigenvalue weighted by Crippen LogP contribution is -2.30. The number of hydrogen-bond acceptors (Lipinski definition) is 4. The average Bonchev–Trinajstić information content (AvgIpc) is 3.35. The Labute approximate surface area is 144 Å². The maximum Gasteiger partial charge on any atom is 0.273 e. The lowest BCUT2D eigenvalue weighted by atomic mass is 10.1. The molecular weight excluding hydrogens is 320 g/mol. The van der Waals surface area contributed by atoms with Gasteiger partial charge in [-0.05, 0) is 12.8 Å². The van der Waals surface area contributed by atoms with E-state index in [9.17, 15) is 4.79 Å². The molecule has 0 radical (unpaired) electrons. The van der Waals surface area contributed by atoms with Crippen molar-refractivity contribution in [1.82, 2.24) is 19.7 Å². The van der Waals surface area contributed by atoms with Crippen LogP contribution in [0, 0.1) is 0 Å². The predicted molar refractivity (Wildman–Crippen MR) is 93.8 cm³/mol. The van der Waals surface area contributed by atoms with Gasteiger partial charge in [-0.25, -0.2) is 4.98 Å². The van der Waals surface area contributed by atoms with E-state index in [1.165, 1.54) is 11.3 Å². The Balaban J connectivity index is 1.58. The number of hydrogen-bond donors (Lipinski definition) is 0. The molecule has 1 atom stereocenters. The number of benzene rings is 1. The van der Waals surface area contributed by atoms with E-state index in [0.29, 0.717) is 5.69 Å². The van der Waals surface area contributed by atoms with Crippen LogP contribution in [0.3, 0.4) is 0 Å². The van der Waals surface area contributed by atoms with Gasteiger partial charge in [0.15, 0.2) is 0 Å². The van der Waals surface area contributed by atoms with Crippen LogP contribution in [0.25, 0.3) is 10.6 Å². The standard InChI is InChI=1S/C18H18N4OS/c1-21-11-14(10-19-21)16-8-5-9-22(16)18(23)15-12-24-17(20-15)13-6-3-2-4-7-13/h2-4,6-7,10-12,16H,5,8-9H2,1H3/t16-/m0/s1. The number of carbonyl (C=O) groups is 1. The lowest BCUT2D eigenvalue weighted by molar-refractivity contribution is 0.0730. The van der Waals surface area contributed by atoms with Crippen molar-refractivity contribution in [1.29, 1.82) is 0 Å². The number of rotatable bonds is 3. The molecule has 2 aromatic heterocycles. The smallest absolute Gasteiger partial charge is 0.273 e. The number of carbonyl (C=O) groups excluding carboxylic acids is 1. The Hall–Kier alpha value is -2.47. The highest BCUT2D eigenvalue weighted by Gasteiger charge is 2.32. The van der Waals surface area contributed by atoms with Gasteiger partial charge in [-0.2, -0.15) is 5.10 Å². The molecule has 0 unspecified atom stereocenters. The normalized spacial score (nSPS) is 17.4. The minimum absolute atomic E-state index is 0.0137. The molecule has 1 aliphatic heterocycles. The summed E-state index contributed by atoms with van der Waals surface area (Å²) in [6.45, 7) is 0.774. The summed E-state index contributed by atoms with van der Waals surface area (Å²) < 4.78 is 1.78. The van der Waals surface area contributed by atoms with Gasteiger partial charge in [-0.3, -0.25) is 9.48 Å². The van der Waals surface area contributed by atoms with Crippen LogP contribution in [0.4, 0.5) is 0 Å². The van der Waals surface area contributed by atoms with Crippen molar-refractivity contribution in [3.05, 3.63) is 59.4 Å². The molecule has 24 heavy (non-hydrogen) atoms. The van der Waals surface area contributed by atoms with Crippen LogP contribution in [-0.2, 0) is 7.05 Å². The van der Waals surface area contributed by atoms with Crippen LogP contribution >= 0.6 is 11.3 Å². The average molecular weight is 338 g/mol. The number of aromatic nitrogens is 3. The summed E-state index contributed by atoms with van der Waals surface area (Å²) in [5.41, 5.74) is 2.68. The highest BCUT2D eigenvalue weighted by Crippen LogP contribution is 2.33. The van der Waals surface area contributed by atoms with Crippen molar-refractivity contribution >= 4 is 17.2 Å². The molecule has 1 aromatic carbocycles. The van der Waals surface area contributed by atoms with Crippen molar-refractivity contribution in [3.63, 3.8) is 0 Å². The van der Waals surface area contributed by atoms with Crippen LogP contribution in [0.2, 0.25) is 0 Å². The molecule has 3 aromatic rings. The van der Waals surface area contributed by atoms with E-state index in [1.54, 1.807) is 4.68 Å². The first-order chi connectivity index (χ1) is 11.7. The molecule has 4 rings (SSSR count). The number of nitrogens with zero attached hydrogens (tertiary/aromatic N) is 4. The molecule has 0 spiro atoms. The molecule has 5 nitrogen and oxygen atoms in total. The molecule has 1 aliphatic rings. The molecule has 6 heteroatoms. The van der Waals surface area contributed by atoms with Crippen LogP contribution < -0.4 is 0 Å². The third-order valence-electron chi connectivity index (χ3n) is 4.37. The first-order valence-corrected chi connectivity index (χ1v) is 8.91. The minimum Gasteiger partial charge on any atom is -0.330 e. The minimum atomic E-state index is 0.0137. The van der Waals surface area contributed by atoms with Gasteiger partial charge in [0.1, 0.15) is 10.7 Å². The fourth-order valence-corrected chi connectivity index (χ4v) is 4.00. The molecule has 0 aliphatic carbocycles. The largest absolute Gasteiger partial charge is 0.330 e. The molecule has 0 saturated carbocycles. The molecule has 1 amide bonds. The SMILES string of the molecule is Cn1cc([C@@H]2CCCN2C(=O)c2csc(-c3ccccc3)n2)cn1. The zero-order valence-electron chi connectivity index (χ0n) is 13.4. The molecule has 1 fully saturated rings. The monoisotopic (exact) mass is 338 g/mol. The van der Waals surface area contributed by atoms with E-state index < -0.39 is 0 Å². The third-order valence-corrected chi connectivity index (χ3v) is 5.26. The molecule has 3 heterocycles. The second kappa shape index (κ2) is 6.20. The second-order valence-electron chi connectivity index (χ2n) is 6.01. The van der Waals surface area contributed by atoms with Crippen molar-refractivity contribution in [3.8, 4) is 10.6 Å². The van der Waals surface area contributed by atoms with Gasteiger partial charge in [-0.1, -0.05) is 30.3 Å². The van der Waals surface area contributed by atoms with Crippen molar-refractivity contribution in [2.45, 2.75) is 18.9 Å². The van der Waals surface area contributed by atoms with Gasteiger partial charge in [0, 0.05) is 36.3 Å². The highest BCUT2D eigenvalue weighted by atomic mass is 32.1. The van der Waals surface area contributed by atoms with Crippen LogP contribution in [-0.4, -0.2) is 32.1 Å². The first kappa shape index (κ1) is 15.1. The Morgan fingerprint density at radius 3 is 2.88 bits per heavy atom. The third kappa shape index (κ3) is 2.73. The van der Waals surface area contributed by atoms with Crippen LogP contribution in [0.15, 0.2) is 48.1 Å². The quantitative estimate of drug-likeness (QED) is 0.734. The van der Waals surface area contributed by atoms with E-state index in [1.807, 2.05) is 60.1 Å². The summed E-state index contributed by atoms with van der Waals surface area (Å²) in [6, 6.07) is 10.1. The topological polar surface area (TPSA) is 51.0 Å². The van der Waals surface area contributed by atoms with Crippen LogP contribution in [0.5, 0.6) is 0 Å². The summed E-state index contributed by atoms with van der Waals surface area (Å²) in [5.74, 6) is 0.0137.